The van der Waals surface area contributed by atoms with E-state index in [4.69, 9.17) is 5.73 Å². The van der Waals surface area contributed by atoms with Crippen LogP contribution in [0.1, 0.15) is 13.8 Å². The van der Waals surface area contributed by atoms with E-state index in [1.807, 2.05) is 11.8 Å². The Morgan fingerprint density at radius 3 is 2.67 bits per heavy atom. The average Bonchev–Trinajstić information content (AvgIpc) is 1.78. The standard InChI is InChI=1S/C6H12N2S/c1-6(2)4-8-5(7)3-9-6/h3-4H2,1-2H3,(H2,7,8). The molecule has 0 bridgehead atoms. The highest BCUT2D eigenvalue weighted by Crippen LogP contribution is 2.26. The topological polar surface area (TPSA) is 38.4 Å². The van der Waals surface area contributed by atoms with Crippen LogP contribution < -0.4 is 5.73 Å². The van der Waals surface area contributed by atoms with Crippen molar-refractivity contribution in [3.05, 3.63) is 0 Å². The van der Waals surface area contributed by atoms with Crippen molar-refractivity contribution < 1.29 is 0 Å². The van der Waals surface area contributed by atoms with E-state index in [-0.39, 0.29) is 0 Å². The summed E-state index contributed by atoms with van der Waals surface area (Å²) in [4.78, 5) is 4.16. The lowest BCUT2D eigenvalue weighted by Crippen LogP contribution is -2.31. The van der Waals surface area contributed by atoms with Crippen LogP contribution in [0, 0.1) is 0 Å². The molecule has 0 atom stereocenters. The third-order valence-electron chi connectivity index (χ3n) is 1.27. The van der Waals surface area contributed by atoms with Gasteiger partial charge in [0.2, 0.25) is 0 Å². The first-order valence-corrected chi connectivity index (χ1v) is 4.01. The molecule has 1 aliphatic heterocycles. The molecule has 9 heavy (non-hydrogen) atoms. The lowest BCUT2D eigenvalue weighted by atomic mass is 10.2. The van der Waals surface area contributed by atoms with Gasteiger partial charge in [0.15, 0.2) is 0 Å². The highest BCUT2D eigenvalue weighted by Gasteiger charge is 2.21. The van der Waals surface area contributed by atoms with E-state index in [0.29, 0.717) is 4.75 Å². The molecule has 2 N–H and O–H groups in total. The van der Waals surface area contributed by atoms with Crippen LogP contribution in [-0.2, 0) is 0 Å². The second-order valence-electron chi connectivity index (χ2n) is 2.86. The normalized spacial score (nSPS) is 25.3. The molecule has 0 unspecified atom stereocenters. The molecular formula is C6H12N2S. The van der Waals surface area contributed by atoms with Gasteiger partial charge in [0.1, 0.15) is 5.84 Å². The second kappa shape index (κ2) is 2.21. The summed E-state index contributed by atoms with van der Waals surface area (Å²) >= 11 is 1.87. The third-order valence-corrected chi connectivity index (χ3v) is 2.62. The van der Waals surface area contributed by atoms with Gasteiger partial charge >= 0.3 is 0 Å². The van der Waals surface area contributed by atoms with Crippen molar-refractivity contribution in [2.75, 3.05) is 12.3 Å². The van der Waals surface area contributed by atoms with Crippen LogP contribution in [0.4, 0.5) is 0 Å². The Morgan fingerprint density at radius 1 is 1.67 bits per heavy atom. The molecule has 0 radical (unpaired) electrons. The zero-order chi connectivity index (χ0) is 6.91. The number of rotatable bonds is 0. The van der Waals surface area contributed by atoms with Crippen molar-refractivity contribution in [1.29, 1.82) is 0 Å². The fraction of sp³-hybridized carbons (Fsp3) is 0.833. The molecule has 52 valence electrons. The SMILES string of the molecule is CC1(C)CN=C(N)CS1. The summed E-state index contributed by atoms with van der Waals surface area (Å²) in [5.74, 6) is 1.69. The summed E-state index contributed by atoms with van der Waals surface area (Å²) in [6.07, 6.45) is 0. The van der Waals surface area contributed by atoms with Crippen molar-refractivity contribution in [2.24, 2.45) is 10.7 Å². The largest absolute Gasteiger partial charge is 0.387 e. The van der Waals surface area contributed by atoms with Crippen LogP contribution in [0.3, 0.4) is 0 Å². The molecule has 1 aliphatic rings. The minimum absolute atomic E-state index is 0.308. The van der Waals surface area contributed by atoms with Gasteiger partial charge in [0.25, 0.3) is 0 Å². The maximum atomic E-state index is 5.48. The molecule has 0 aliphatic carbocycles. The lowest BCUT2D eigenvalue weighted by molar-refractivity contribution is 0.718. The van der Waals surface area contributed by atoms with Gasteiger partial charge in [-0.05, 0) is 13.8 Å². The van der Waals surface area contributed by atoms with Gasteiger partial charge in [0.05, 0.1) is 12.3 Å². The van der Waals surface area contributed by atoms with Crippen LogP contribution >= 0.6 is 11.8 Å². The minimum Gasteiger partial charge on any atom is -0.387 e. The van der Waals surface area contributed by atoms with E-state index in [1.54, 1.807) is 0 Å². The first kappa shape index (κ1) is 6.93. The van der Waals surface area contributed by atoms with E-state index in [0.717, 1.165) is 18.1 Å². The van der Waals surface area contributed by atoms with Crippen LogP contribution in [0.2, 0.25) is 0 Å². The highest BCUT2D eigenvalue weighted by atomic mass is 32.2. The quantitative estimate of drug-likeness (QED) is 0.548. The molecular weight excluding hydrogens is 132 g/mol. The van der Waals surface area contributed by atoms with Crippen LogP contribution in [0.15, 0.2) is 4.99 Å². The predicted molar refractivity (Wildman–Crippen MR) is 43.0 cm³/mol. The molecule has 0 aromatic carbocycles. The predicted octanol–water partition coefficient (Wildman–Crippen LogP) is 0.869. The Hall–Kier alpha value is -0.180. The Morgan fingerprint density at radius 2 is 2.33 bits per heavy atom. The third kappa shape index (κ3) is 1.90. The van der Waals surface area contributed by atoms with Crippen molar-refractivity contribution in [3.8, 4) is 0 Å². The van der Waals surface area contributed by atoms with Gasteiger partial charge < -0.3 is 5.73 Å². The molecule has 0 saturated heterocycles. The maximum Gasteiger partial charge on any atom is 0.104 e. The number of hydrogen-bond donors (Lipinski definition) is 1. The van der Waals surface area contributed by atoms with Gasteiger partial charge in [-0.2, -0.15) is 0 Å². The minimum atomic E-state index is 0.308. The number of hydrogen-bond acceptors (Lipinski definition) is 3. The Bertz CT molecular complexity index is 140. The second-order valence-corrected chi connectivity index (χ2v) is 4.54. The van der Waals surface area contributed by atoms with E-state index in [1.165, 1.54) is 0 Å². The Labute approximate surface area is 59.9 Å². The molecule has 0 spiro atoms. The number of thioether (sulfide) groups is 1. The molecule has 0 saturated carbocycles. The molecule has 3 heteroatoms. The molecule has 0 aromatic heterocycles. The van der Waals surface area contributed by atoms with Gasteiger partial charge in [-0.25, -0.2) is 0 Å². The molecule has 0 fully saturated rings. The maximum absolute atomic E-state index is 5.48. The van der Waals surface area contributed by atoms with Crippen LogP contribution in [0.5, 0.6) is 0 Å². The fourth-order valence-corrected chi connectivity index (χ4v) is 1.44. The molecule has 1 heterocycles. The monoisotopic (exact) mass is 144 g/mol. The van der Waals surface area contributed by atoms with E-state index < -0.39 is 0 Å². The summed E-state index contributed by atoms with van der Waals surface area (Å²) in [6, 6.07) is 0. The smallest absolute Gasteiger partial charge is 0.104 e. The average molecular weight is 144 g/mol. The summed E-state index contributed by atoms with van der Waals surface area (Å²) < 4.78 is 0.308. The van der Waals surface area contributed by atoms with Crippen molar-refractivity contribution in [3.63, 3.8) is 0 Å². The summed E-state index contributed by atoms with van der Waals surface area (Å²) in [7, 11) is 0. The van der Waals surface area contributed by atoms with Gasteiger partial charge in [-0.15, -0.1) is 11.8 Å². The fourth-order valence-electron chi connectivity index (χ4n) is 0.653. The first-order valence-electron chi connectivity index (χ1n) is 3.03. The molecule has 2 nitrogen and oxygen atoms in total. The first-order chi connectivity index (χ1) is 4.10. The van der Waals surface area contributed by atoms with Crippen molar-refractivity contribution in [1.82, 2.24) is 0 Å². The highest BCUT2D eigenvalue weighted by molar-refractivity contribution is 8.01. The molecule has 0 aromatic rings. The van der Waals surface area contributed by atoms with Gasteiger partial charge in [-0.1, -0.05) is 0 Å². The summed E-state index contributed by atoms with van der Waals surface area (Å²) in [6.45, 7) is 5.24. The van der Waals surface area contributed by atoms with Crippen LogP contribution in [0.25, 0.3) is 0 Å². The van der Waals surface area contributed by atoms with Crippen molar-refractivity contribution >= 4 is 17.6 Å². The van der Waals surface area contributed by atoms with Crippen LogP contribution in [-0.4, -0.2) is 22.9 Å². The van der Waals surface area contributed by atoms with Gasteiger partial charge in [-0.3, -0.25) is 4.99 Å². The summed E-state index contributed by atoms with van der Waals surface area (Å²) in [5.41, 5.74) is 5.48. The van der Waals surface area contributed by atoms with E-state index in [2.05, 4.69) is 18.8 Å². The Kier molecular flexibility index (Phi) is 1.70. The zero-order valence-electron chi connectivity index (χ0n) is 5.85. The van der Waals surface area contributed by atoms with Crippen molar-refractivity contribution in [2.45, 2.75) is 18.6 Å². The summed E-state index contributed by atoms with van der Waals surface area (Å²) in [5, 5.41) is 0. The van der Waals surface area contributed by atoms with E-state index >= 15 is 0 Å². The zero-order valence-corrected chi connectivity index (χ0v) is 6.66. The number of amidine groups is 1. The Balaban J connectivity index is 2.56. The number of aliphatic imine (C=N–C) groups is 1. The number of nitrogens with two attached hydrogens (primary N) is 1. The number of nitrogens with zero attached hydrogens (tertiary/aromatic N) is 1. The molecule has 0 amide bonds. The van der Waals surface area contributed by atoms with E-state index in [9.17, 15) is 0 Å². The van der Waals surface area contributed by atoms with Gasteiger partial charge in [0, 0.05) is 4.75 Å². The molecule has 1 rings (SSSR count). The lowest BCUT2D eigenvalue weighted by Gasteiger charge is -2.25.